The SMILES string of the molecule is COc1cccc(-c2nc3cc(N=C(C)N)ccc3s2)c1. The van der Waals surface area contributed by atoms with Gasteiger partial charge in [0.25, 0.3) is 0 Å². The van der Waals surface area contributed by atoms with Gasteiger partial charge in [0.2, 0.25) is 0 Å². The summed E-state index contributed by atoms with van der Waals surface area (Å²) in [6.07, 6.45) is 0. The second-order valence-corrected chi connectivity index (χ2v) is 5.69. The average molecular weight is 297 g/mol. The number of amidine groups is 1. The lowest BCUT2D eigenvalue weighted by Crippen LogP contribution is -2.03. The van der Waals surface area contributed by atoms with Crippen molar-refractivity contribution in [3.63, 3.8) is 0 Å². The van der Waals surface area contributed by atoms with Crippen LogP contribution in [0.5, 0.6) is 5.75 Å². The number of aliphatic imine (C=N–C) groups is 1. The van der Waals surface area contributed by atoms with Crippen LogP contribution in [0.15, 0.2) is 47.5 Å². The zero-order valence-electron chi connectivity index (χ0n) is 11.8. The molecule has 0 amide bonds. The van der Waals surface area contributed by atoms with Crippen LogP contribution in [0.2, 0.25) is 0 Å². The van der Waals surface area contributed by atoms with Gasteiger partial charge in [-0.2, -0.15) is 0 Å². The number of hydrogen-bond acceptors (Lipinski definition) is 4. The molecule has 0 aliphatic rings. The topological polar surface area (TPSA) is 60.5 Å². The molecule has 0 saturated carbocycles. The number of benzene rings is 2. The highest BCUT2D eigenvalue weighted by atomic mass is 32.1. The molecule has 2 aromatic carbocycles. The molecule has 0 spiro atoms. The summed E-state index contributed by atoms with van der Waals surface area (Å²) in [5.41, 5.74) is 8.42. The molecule has 0 atom stereocenters. The molecule has 21 heavy (non-hydrogen) atoms. The van der Waals surface area contributed by atoms with E-state index < -0.39 is 0 Å². The fraction of sp³-hybridized carbons (Fsp3) is 0.125. The Hall–Kier alpha value is -2.40. The van der Waals surface area contributed by atoms with Crippen LogP contribution in [0.25, 0.3) is 20.8 Å². The van der Waals surface area contributed by atoms with Crippen LogP contribution in [-0.4, -0.2) is 17.9 Å². The molecule has 0 bridgehead atoms. The number of fused-ring (bicyclic) bond motifs is 1. The minimum absolute atomic E-state index is 0.539. The van der Waals surface area contributed by atoms with E-state index in [0.29, 0.717) is 5.84 Å². The Morgan fingerprint density at radius 1 is 1.24 bits per heavy atom. The molecule has 4 nitrogen and oxygen atoms in total. The van der Waals surface area contributed by atoms with Crippen molar-refractivity contribution in [3.05, 3.63) is 42.5 Å². The van der Waals surface area contributed by atoms with Gasteiger partial charge in [-0.15, -0.1) is 11.3 Å². The van der Waals surface area contributed by atoms with Crippen LogP contribution in [0.4, 0.5) is 5.69 Å². The molecule has 0 fully saturated rings. The zero-order chi connectivity index (χ0) is 14.8. The summed E-state index contributed by atoms with van der Waals surface area (Å²) in [7, 11) is 1.66. The third-order valence-corrected chi connectivity index (χ3v) is 4.08. The highest BCUT2D eigenvalue weighted by molar-refractivity contribution is 7.21. The van der Waals surface area contributed by atoms with Crippen LogP contribution in [0.1, 0.15) is 6.92 Å². The monoisotopic (exact) mass is 297 g/mol. The van der Waals surface area contributed by atoms with Gasteiger partial charge in [0.1, 0.15) is 10.8 Å². The van der Waals surface area contributed by atoms with Crippen LogP contribution in [0.3, 0.4) is 0 Å². The summed E-state index contributed by atoms with van der Waals surface area (Å²) in [6, 6.07) is 13.8. The Labute approximate surface area is 126 Å². The number of aromatic nitrogens is 1. The summed E-state index contributed by atoms with van der Waals surface area (Å²) in [4.78, 5) is 8.94. The minimum Gasteiger partial charge on any atom is -0.497 e. The second-order valence-electron chi connectivity index (χ2n) is 4.66. The first-order valence-corrected chi connectivity index (χ1v) is 7.33. The fourth-order valence-corrected chi connectivity index (χ4v) is 3.01. The highest BCUT2D eigenvalue weighted by Crippen LogP contribution is 2.33. The van der Waals surface area contributed by atoms with Crippen LogP contribution < -0.4 is 10.5 Å². The maximum absolute atomic E-state index is 5.62. The first-order chi connectivity index (χ1) is 10.2. The molecule has 2 N–H and O–H groups in total. The Morgan fingerprint density at radius 3 is 2.86 bits per heavy atom. The van der Waals surface area contributed by atoms with Crippen molar-refractivity contribution in [1.29, 1.82) is 0 Å². The molecule has 1 heterocycles. The molecular formula is C16H15N3OS. The molecule has 0 aliphatic carbocycles. The van der Waals surface area contributed by atoms with E-state index in [4.69, 9.17) is 10.5 Å². The predicted molar refractivity (Wildman–Crippen MR) is 88.6 cm³/mol. The molecule has 0 saturated heterocycles. The maximum atomic E-state index is 5.62. The largest absolute Gasteiger partial charge is 0.497 e. The summed E-state index contributed by atoms with van der Waals surface area (Å²) in [6.45, 7) is 1.77. The smallest absolute Gasteiger partial charge is 0.124 e. The molecule has 5 heteroatoms. The molecule has 0 unspecified atom stereocenters. The minimum atomic E-state index is 0.539. The van der Waals surface area contributed by atoms with Gasteiger partial charge >= 0.3 is 0 Å². The fourth-order valence-electron chi connectivity index (χ4n) is 2.07. The normalized spacial score (nSPS) is 11.8. The Morgan fingerprint density at radius 2 is 2.10 bits per heavy atom. The standard InChI is InChI=1S/C16H15N3OS/c1-10(17)18-12-6-7-15-14(9-12)19-16(21-15)11-4-3-5-13(8-11)20-2/h3-9H,1-2H3,(H2,17,18). The van der Waals surface area contributed by atoms with Gasteiger partial charge in [-0.1, -0.05) is 12.1 Å². The van der Waals surface area contributed by atoms with Gasteiger partial charge in [-0.3, -0.25) is 0 Å². The number of thiazole rings is 1. The van der Waals surface area contributed by atoms with Crippen LogP contribution in [-0.2, 0) is 0 Å². The lowest BCUT2D eigenvalue weighted by molar-refractivity contribution is 0.415. The Bertz CT molecular complexity index is 819. The number of nitrogens with zero attached hydrogens (tertiary/aromatic N) is 2. The van der Waals surface area contributed by atoms with E-state index in [1.54, 1.807) is 25.4 Å². The van der Waals surface area contributed by atoms with E-state index in [0.717, 1.165) is 32.2 Å². The quantitative estimate of drug-likeness (QED) is 0.587. The first-order valence-electron chi connectivity index (χ1n) is 6.51. The summed E-state index contributed by atoms with van der Waals surface area (Å²) >= 11 is 1.65. The van der Waals surface area contributed by atoms with Crippen LogP contribution in [0, 0.1) is 0 Å². The van der Waals surface area contributed by atoms with E-state index in [2.05, 4.69) is 9.98 Å². The Balaban J connectivity index is 2.06. The molecule has 0 radical (unpaired) electrons. The number of methoxy groups -OCH3 is 1. The molecule has 106 valence electrons. The number of nitrogens with two attached hydrogens (primary N) is 1. The van der Waals surface area contributed by atoms with E-state index in [9.17, 15) is 0 Å². The van der Waals surface area contributed by atoms with Crippen molar-refractivity contribution in [2.24, 2.45) is 10.7 Å². The highest BCUT2D eigenvalue weighted by Gasteiger charge is 2.07. The van der Waals surface area contributed by atoms with Crippen LogP contribution >= 0.6 is 11.3 Å². The molecule has 3 aromatic rings. The van der Waals surface area contributed by atoms with Crippen molar-refractivity contribution < 1.29 is 4.74 Å². The van der Waals surface area contributed by atoms with Crippen molar-refractivity contribution >= 4 is 33.1 Å². The second kappa shape index (κ2) is 5.54. The molecule has 0 aliphatic heterocycles. The van der Waals surface area contributed by atoms with E-state index in [1.165, 1.54) is 0 Å². The van der Waals surface area contributed by atoms with Crippen molar-refractivity contribution in [2.45, 2.75) is 6.92 Å². The van der Waals surface area contributed by atoms with Gasteiger partial charge in [0, 0.05) is 5.56 Å². The predicted octanol–water partition coefficient (Wildman–Crippen LogP) is 3.98. The molecule has 3 rings (SSSR count). The van der Waals surface area contributed by atoms with Crippen molar-refractivity contribution in [3.8, 4) is 16.3 Å². The van der Waals surface area contributed by atoms with E-state index >= 15 is 0 Å². The number of rotatable bonds is 3. The third-order valence-electron chi connectivity index (χ3n) is 2.99. The van der Waals surface area contributed by atoms with E-state index in [-0.39, 0.29) is 0 Å². The number of ether oxygens (including phenoxy) is 1. The average Bonchev–Trinajstić information content (AvgIpc) is 2.90. The van der Waals surface area contributed by atoms with Gasteiger partial charge in [0.05, 0.1) is 28.8 Å². The van der Waals surface area contributed by atoms with E-state index in [1.807, 2.05) is 42.5 Å². The van der Waals surface area contributed by atoms with Gasteiger partial charge < -0.3 is 10.5 Å². The Kier molecular flexibility index (Phi) is 3.58. The zero-order valence-corrected chi connectivity index (χ0v) is 12.6. The van der Waals surface area contributed by atoms with Crippen molar-refractivity contribution in [2.75, 3.05) is 7.11 Å². The summed E-state index contributed by atoms with van der Waals surface area (Å²) in [5.74, 6) is 1.37. The van der Waals surface area contributed by atoms with Gasteiger partial charge in [-0.25, -0.2) is 9.98 Å². The number of hydrogen-bond donors (Lipinski definition) is 1. The summed E-state index contributed by atoms with van der Waals surface area (Å²) in [5, 5.41) is 0.967. The lowest BCUT2D eigenvalue weighted by atomic mass is 10.2. The third kappa shape index (κ3) is 2.87. The van der Waals surface area contributed by atoms with Gasteiger partial charge in [-0.05, 0) is 37.3 Å². The lowest BCUT2D eigenvalue weighted by Gasteiger charge is -2.00. The molecular weight excluding hydrogens is 282 g/mol. The summed E-state index contributed by atoms with van der Waals surface area (Å²) < 4.78 is 6.38. The first kappa shape index (κ1) is 13.6. The van der Waals surface area contributed by atoms with Gasteiger partial charge in [0.15, 0.2) is 0 Å². The van der Waals surface area contributed by atoms with Crippen molar-refractivity contribution in [1.82, 2.24) is 4.98 Å². The maximum Gasteiger partial charge on any atom is 0.124 e. The molecule has 1 aromatic heterocycles.